The van der Waals surface area contributed by atoms with E-state index >= 15 is 0 Å². The molecule has 0 spiro atoms. The van der Waals surface area contributed by atoms with Crippen molar-refractivity contribution >= 4 is 22.7 Å². The summed E-state index contributed by atoms with van der Waals surface area (Å²) in [5.41, 5.74) is 10.6. The fourth-order valence-electron chi connectivity index (χ4n) is 1.60. The predicted octanol–water partition coefficient (Wildman–Crippen LogP) is 3.18. The van der Waals surface area contributed by atoms with Crippen LogP contribution in [-0.4, -0.2) is 4.86 Å². The Balaban J connectivity index is 2.33. The van der Waals surface area contributed by atoms with Crippen LogP contribution in [0.25, 0.3) is 5.57 Å². The Hall–Kier alpha value is -1.25. The van der Waals surface area contributed by atoms with Crippen molar-refractivity contribution in [1.29, 1.82) is 0 Å². The summed E-state index contributed by atoms with van der Waals surface area (Å²) < 4.78 is 0. The standard InChI is InChI=1S/C13H12NS/c14-9-10-5-7-11(8-6-10)12-3-1-2-4-13(12)15/h1-3,5-8,14H,4,9H2. The minimum atomic E-state index is 0.337. The normalized spacial score (nSPS) is 15.3. The van der Waals surface area contributed by atoms with Crippen molar-refractivity contribution in [2.24, 2.45) is 0 Å². The summed E-state index contributed by atoms with van der Waals surface area (Å²) in [6.07, 6.45) is 7.04. The van der Waals surface area contributed by atoms with Crippen molar-refractivity contribution in [3.05, 3.63) is 53.6 Å². The number of rotatable bonds is 2. The Labute approximate surface area is 95.3 Å². The first-order valence-electron chi connectivity index (χ1n) is 4.95. The van der Waals surface area contributed by atoms with Crippen molar-refractivity contribution in [2.75, 3.05) is 0 Å². The zero-order valence-corrected chi connectivity index (χ0v) is 9.18. The van der Waals surface area contributed by atoms with Gasteiger partial charge >= 0.3 is 0 Å². The van der Waals surface area contributed by atoms with Crippen LogP contribution in [0.4, 0.5) is 0 Å². The molecule has 0 fully saturated rings. The van der Waals surface area contributed by atoms with Crippen molar-refractivity contribution in [3.8, 4) is 0 Å². The van der Waals surface area contributed by atoms with Gasteiger partial charge in [0.1, 0.15) is 0 Å². The molecule has 0 unspecified atom stereocenters. The first kappa shape index (κ1) is 10.3. The quantitative estimate of drug-likeness (QED) is 0.694. The van der Waals surface area contributed by atoms with Crippen LogP contribution in [0.3, 0.4) is 0 Å². The van der Waals surface area contributed by atoms with E-state index in [0.717, 1.165) is 28.0 Å². The number of nitrogens with one attached hydrogen (secondary N) is 1. The molecule has 2 heteroatoms. The molecule has 0 atom stereocenters. The van der Waals surface area contributed by atoms with E-state index < -0.39 is 0 Å². The van der Waals surface area contributed by atoms with Crippen molar-refractivity contribution in [3.63, 3.8) is 0 Å². The zero-order valence-electron chi connectivity index (χ0n) is 8.36. The number of thiocarbonyl (C=S) groups is 1. The fourth-order valence-corrected chi connectivity index (χ4v) is 1.88. The highest BCUT2D eigenvalue weighted by Gasteiger charge is 2.08. The molecule has 0 bridgehead atoms. The van der Waals surface area contributed by atoms with E-state index in [0.29, 0.717) is 6.54 Å². The highest BCUT2D eigenvalue weighted by molar-refractivity contribution is 7.81. The molecule has 0 heterocycles. The van der Waals surface area contributed by atoms with Crippen LogP contribution in [0, 0.1) is 0 Å². The summed E-state index contributed by atoms with van der Waals surface area (Å²) in [4.78, 5) is 0.996. The smallest absolute Gasteiger partial charge is 0.0351 e. The molecule has 0 amide bonds. The van der Waals surface area contributed by atoms with Gasteiger partial charge < -0.3 is 0 Å². The first-order valence-corrected chi connectivity index (χ1v) is 5.36. The second-order valence-electron chi connectivity index (χ2n) is 3.51. The Morgan fingerprint density at radius 2 is 1.93 bits per heavy atom. The number of hydrogen-bond acceptors (Lipinski definition) is 1. The van der Waals surface area contributed by atoms with E-state index in [-0.39, 0.29) is 0 Å². The summed E-state index contributed by atoms with van der Waals surface area (Å²) in [5, 5.41) is 0. The molecule has 0 saturated heterocycles. The summed E-state index contributed by atoms with van der Waals surface area (Å²) in [6.45, 7) is 0.337. The van der Waals surface area contributed by atoms with Crippen LogP contribution < -0.4 is 5.73 Å². The van der Waals surface area contributed by atoms with Gasteiger partial charge in [0.15, 0.2) is 0 Å². The van der Waals surface area contributed by atoms with Crippen LogP contribution in [0.1, 0.15) is 17.5 Å². The topological polar surface area (TPSA) is 23.8 Å². The van der Waals surface area contributed by atoms with Gasteiger partial charge in [-0.2, -0.15) is 0 Å². The Morgan fingerprint density at radius 3 is 2.53 bits per heavy atom. The average molecular weight is 214 g/mol. The van der Waals surface area contributed by atoms with Gasteiger partial charge in [-0.3, -0.25) is 5.73 Å². The largest absolute Gasteiger partial charge is 0.253 e. The summed E-state index contributed by atoms with van der Waals surface area (Å²) in [7, 11) is 0. The van der Waals surface area contributed by atoms with E-state index in [1.54, 1.807) is 0 Å². The molecule has 2 rings (SSSR count). The third-order valence-electron chi connectivity index (χ3n) is 2.47. The van der Waals surface area contributed by atoms with Gasteiger partial charge in [0, 0.05) is 17.8 Å². The van der Waals surface area contributed by atoms with Crippen LogP contribution in [0.2, 0.25) is 0 Å². The first-order chi connectivity index (χ1) is 7.31. The lowest BCUT2D eigenvalue weighted by Crippen LogP contribution is -2.00. The van der Waals surface area contributed by atoms with E-state index in [1.807, 2.05) is 30.3 Å². The van der Waals surface area contributed by atoms with Crippen molar-refractivity contribution < 1.29 is 0 Å². The second kappa shape index (κ2) is 4.51. The average Bonchev–Trinajstić information content (AvgIpc) is 2.30. The molecular weight excluding hydrogens is 202 g/mol. The van der Waals surface area contributed by atoms with Gasteiger partial charge in [-0.1, -0.05) is 54.7 Å². The van der Waals surface area contributed by atoms with Crippen LogP contribution in [-0.2, 0) is 6.54 Å². The van der Waals surface area contributed by atoms with E-state index in [2.05, 4.69) is 12.2 Å². The number of benzene rings is 1. The summed E-state index contributed by atoms with van der Waals surface area (Å²) >= 11 is 5.31. The highest BCUT2D eigenvalue weighted by atomic mass is 32.1. The molecule has 1 aliphatic rings. The van der Waals surface area contributed by atoms with E-state index in [4.69, 9.17) is 18.0 Å². The van der Waals surface area contributed by atoms with Crippen molar-refractivity contribution in [1.82, 2.24) is 5.73 Å². The maximum atomic E-state index is 7.25. The molecular formula is C13H12NS. The van der Waals surface area contributed by atoms with E-state index in [9.17, 15) is 0 Å². The Bertz CT molecular complexity index is 426. The van der Waals surface area contributed by atoms with Crippen LogP contribution in [0.5, 0.6) is 0 Å². The third-order valence-corrected chi connectivity index (χ3v) is 2.86. The zero-order chi connectivity index (χ0) is 10.7. The summed E-state index contributed by atoms with van der Waals surface area (Å²) in [5.74, 6) is 0. The maximum Gasteiger partial charge on any atom is 0.0351 e. The molecule has 1 radical (unpaired) electrons. The highest BCUT2D eigenvalue weighted by Crippen LogP contribution is 2.22. The SMILES string of the molecule is [NH]Cc1ccc(C2=CC=CCC2=S)cc1. The maximum absolute atomic E-state index is 7.25. The molecule has 1 N–H and O–H groups in total. The minimum Gasteiger partial charge on any atom is -0.253 e. The van der Waals surface area contributed by atoms with Gasteiger partial charge in [-0.05, 0) is 16.7 Å². The van der Waals surface area contributed by atoms with Crippen molar-refractivity contribution in [2.45, 2.75) is 13.0 Å². The lowest BCUT2D eigenvalue weighted by molar-refractivity contribution is 1.03. The molecule has 1 aromatic rings. The lowest BCUT2D eigenvalue weighted by Gasteiger charge is -2.11. The lowest BCUT2D eigenvalue weighted by atomic mass is 9.96. The molecule has 1 aliphatic carbocycles. The monoisotopic (exact) mass is 214 g/mol. The second-order valence-corrected chi connectivity index (χ2v) is 4.00. The molecule has 0 saturated carbocycles. The Kier molecular flexibility index (Phi) is 3.09. The molecule has 1 aromatic carbocycles. The molecule has 15 heavy (non-hydrogen) atoms. The molecule has 75 valence electrons. The van der Waals surface area contributed by atoms with Gasteiger partial charge in [-0.25, -0.2) is 0 Å². The predicted molar refractivity (Wildman–Crippen MR) is 67.6 cm³/mol. The van der Waals surface area contributed by atoms with Gasteiger partial charge in [0.05, 0.1) is 0 Å². The van der Waals surface area contributed by atoms with Gasteiger partial charge in [0.2, 0.25) is 0 Å². The van der Waals surface area contributed by atoms with Crippen LogP contribution in [0.15, 0.2) is 42.5 Å². The fraction of sp³-hybridized carbons (Fsp3) is 0.154. The number of hydrogen-bond donors (Lipinski definition) is 0. The van der Waals surface area contributed by atoms with Crippen LogP contribution >= 0.6 is 12.2 Å². The van der Waals surface area contributed by atoms with E-state index in [1.165, 1.54) is 0 Å². The molecule has 0 aliphatic heterocycles. The Morgan fingerprint density at radius 1 is 1.20 bits per heavy atom. The number of allylic oxidation sites excluding steroid dienone is 4. The molecule has 0 aromatic heterocycles. The third kappa shape index (κ3) is 2.22. The minimum absolute atomic E-state index is 0.337. The van der Waals surface area contributed by atoms with Gasteiger partial charge in [-0.15, -0.1) is 0 Å². The van der Waals surface area contributed by atoms with Gasteiger partial charge in [0.25, 0.3) is 0 Å². The summed E-state index contributed by atoms with van der Waals surface area (Å²) in [6, 6.07) is 8.07. The molecule has 1 nitrogen and oxygen atoms in total.